The number of halogens is 1. The highest BCUT2D eigenvalue weighted by atomic mass is 35.5. The summed E-state index contributed by atoms with van der Waals surface area (Å²) in [5, 5.41) is 13.1. The fourth-order valence-electron chi connectivity index (χ4n) is 2.51. The monoisotopic (exact) mass is 392 g/mol. The molecule has 1 aliphatic heterocycles. The van der Waals surface area contributed by atoms with Gasteiger partial charge in [-0.1, -0.05) is 23.7 Å². The predicted molar refractivity (Wildman–Crippen MR) is 97.3 cm³/mol. The molecular weight excluding hydrogens is 380 g/mol. The summed E-state index contributed by atoms with van der Waals surface area (Å²) >= 11 is 5.80. The van der Waals surface area contributed by atoms with Gasteiger partial charge in [-0.3, -0.25) is 13.9 Å². The lowest BCUT2D eigenvalue weighted by molar-refractivity contribution is -0.113. The topological polar surface area (TPSA) is 104 Å². The number of carbonyl (C=O) groups is 1. The zero-order valence-corrected chi connectivity index (χ0v) is 15.0. The molecule has 0 unspecified atom stereocenters. The lowest BCUT2D eigenvalue weighted by Gasteiger charge is -2.28. The first-order chi connectivity index (χ1) is 12.2. The van der Waals surface area contributed by atoms with E-state index in [1.165, 1.54) is 42.5 Å². The van der Waals surface area contributed by atoms with Crippen LogP contribution < -0.4 is 10.7 Å². The van der Waals surface area contributed by atoms with Crippen molar-refractivity contribution in [2.45, 2.75) is 4.90 Å². The van der Waals surface area contributed by atoms with Crippen LogP contribution in [0.25, 0.3) is 5.76 Å². The van der Waals surface area contributed by atoms with Crippen molar-refractivity contribution in [1.29, 1.82) is 0 Å². The van der Waals surface area contributed by atoms with Gasteiger partial charge in [0.15, 0.2) is 11.5 Å². The van der Waals surface area contributed by atoms with E-state index in [0.717, 1.165) is 7.05 Å². The van der Waals surface area contributed by atoms with Gasteiger partial charge in [-0.15, -0.1) is 0 Å². The Morgan fingerprint density at radius 1 is 1.12 bits per heavy atom. The quantitative estimate of drug-likeness (QED) is 0.815. The second-order valence-electron chi connectivity index (χ2n) is 5.45. The highest BCUT2D eigenvalue weighted by molar-refractivity contribution is 7.89. The summed E-state index contributed by atoms with van der Waals surface area (Å²) in [6.45, 7) is 0. The van der Waals surface area contributed by atoms with E-state index in [9.17, 15) is 23.1 Å². The maximum Gasteiger partial charge on any atom is 0.276 e. The number of hydrogen-bond acceptors (Lipinski definition) is 5. The average Bonchev–Trinajstić information content (AvgIpc) is 2.76. The molecule has 2 N–H and O–H groups in total. The van der Waals surface area contributed by atoms with Gasteiger partial charge in [-0.05, 0) is 36.4 Å². The molecule has 0 spiro atoms. The minimum Gasteiger partial charge on any atom is -0.505 e. The van der Waals surface area contributed by atoms with E-state index in [-0.39, 0.29) is 21.2 Å². The molecule has 0 saturated carbocycles. The molecule has 0 atom stereocenters. The molecule has 2 aromatic rings. The van der Waals surface area contributed by atoms with Crippen molar-refractivity contribution in [3.8, 4) is 0 Å². The van der Waals surface area contributed by atoms with Gasteiger partial charge >= 0.3 is 0 Å². The highest BCUT2D eigenvalue weighted by Gasteiger charge is 2.37. The Balaban J connectivity index is 2.10. The number of nitrogens with one attached hydrogen (secondary N) is 1. The summed E-state index contributed by atoms with van der Waals surface area (Å²) in [4.78, 5) is 24.5. The maximum absolute atomic E-state index is 12.6. The van der Waals surface area contributed by atoms with Crippen molar-refractivity contribution in [3.05, 3.63) is 75.0 Å². The third kappa shape index (κ3) is 2.93. The molecule has 0 saturated heterocycles. The molecular formula is C17H13ClN2O5S. The van der Waals surface area contributed by atoms with Crippen molar-refractivity contribution in [1.82, 2.24) is 4.31 Å². The Morgan fingerprint density at radius 3 is 2.50 bits per heavy atom. The first-order valence-corrected chi connectivity index (χ1v) is 9.18. The van der Waals surface area contributed by atoms with Gasteiger partial charge in [-0.25, -0.2) is 8.42 Å². The second kappa shape index (κ2) is 6.47. The largest absolute Gasteiger partial charge is 0.505 e. The van der Waals surface area contributed by atoms with Crippen molar-refractivity contribution in [3.63, 3.8) is 0 Å². The van der Waals surface area contributed by atoms with Crippen molar-refractivity contribution < 1.29 is 18.3 Å². The number of benzene rings is 1. The molecule has 0 aliphatic carbocycles. The summed E-state index contributed by atoms with van der Waals surface area (Å²) in [5.74, 6) is -1.44. The number of carbonyl (C=O) groups excluding carboxylic acids is 1. The number of anilines is 1. The molecule has 2 aromatic carbocycles. The van der Waals surface area contributed by atoms with Crippen molar-refractivity contribution >= 4 is 39.0 Å². The van der Waals surface area contributed by atoms with Crippen molar-refractivity contribution in [2.24, 2.45) is 0 Å². The van der Waals surface area contributed by atoms with Gasteiger partial charge in [0.1, 0.15) is 0 Å². The summed E-state index contributed by atoms with van der Waals surface area (Å²) in [5.41, 5.74) is -1.10. The molecule has 1 heterocycles. The van der Waals surface area contributed by atoms with Crippen molar-refractivity contribution in [2.75, 3.05) is 12.4 Å². The van der Waals surface area contributed by atoms with Crippen LogP contribution in [-0.4, -0.2) is 30.8 Å². The Kier molecular flexibility index (Phi) is 4.47. The van der Waals surface area contributed by atoms with Gasteiger partial charge in [0.25, 0.3) is 15.9 Å². The number of rotatable bonds is 2. The zero-order chi connectivity index (χ0) is 19.1. The van der Waals surface area contributed by atoms with Crippen LogP contribution in [0.15, 0.2) is 63.9 Å². The Hall–Kier alpha value is -2.84. The molecule has 0 fully saturated rings. The predicted octanol–water partition coefficient (Wildman–Crippen LogP) is 2.20. The fourth-order valence-corrected chi connectivity index (χ4v) is 4.04. The molecule has 3 rings (SSSR count). The standard InChI is InChI=1S/C17H13ClN2O5S/c1-20-15(16(22)11-4-2-3-5-14(11)26(20,24)25)17(23)19-12-8-6-10(18)7-9-13(12)21/h2-9,22H,1H3,(H,19,21,23). The van der Waals surface area contributed by atoms with Crippen LogP contribution in [-0.2, 0) is 14.8 Å². The minimum absolute atomic E-state index is 0.0137. The van der Waals surface area contributed by atoms with Crippen LogP contribution >= 0.6 is 11.6 Å². The molecule has 134 valence electrons. The van der Waals surface area contributed by atoms with Gasteiger partial charge in [0.2, 0.25) is 5.43 Å². The summed E-state index contributed by atoms with van der Waals surface area (Å²) in [7, 11) is -2.87. The van der Waals surface area contributed by atoms with E-state index in [1.807, 2.05) is 0 Å². The van der Waals surface area contributed by atoms with E-state index in [2.05, 4.69) is 5.32 Å². The molecule has 26 heavy (non-hydrogen) atoms. The smallest absolute Gasteiger partial charge is 0.276 e. The molecule has 1 amide bonds. The van der Waals surface area contributed by atoms with Crippen LogP contribution in [0.1, 0.15) is 5.56 Å². The average molecular weight is 393 g/mol. The van der Waals surface area contributed by atoms with E-state index >= 15 is 0 Å². The number of hydrogen-bond donors (Lipinski definition) is 2. The second-order valence-corrected chi connectivity index (χ2v) is 7.82. The molecule has 1 aliphatic rings. The number of sulfonamides is 1. The van der Waals surface area contributed by atoms with Crippen LogP contribution in [0.4, 0.5) is 5.69 Å². The van der Waals surface area contributed by atoms with Gasteiger partial charge < -0.3 is 10.4 Å². The van der Waals surface area contributed by atoms with Gasteiger partial charge in [0, 0.05) is 17.6 Å². The normalized spacial score (nSPS) is 15.4. The molecule has 0 aromatic heterocycles. The molecule has 9 heteroatoms. The van der Waals surface area contributed by atoms with E-state index in [4.69, 9.17) is 11.6 Å². The molecule has 7 nitrogen and oxygen atoms in total. The summed E-state index contributed by atoms with van der Waals surface area (Å²) < 4.78 is 25.9. The third-order valence-corrected chi connectivity index (χ3v) is 5.92. The fraction of sp³-hybridized carbons (Fsp3) is 0.0588. The lowest BCUT2D eigenvalue weighted by Crippen LogP contribution is -2.37. The maximum atomic E-state index is 12.6. The molecule has 0 bridgehead atoms. The number of nitrogens with zero attached hydrogens (tertiary/aromatic N) is 1. The third-order valence-electron chi connectivity index (χ3n) is 3.85. The molecule has 0 radical (unpaired) electrons. The minimum atomic E-state index is -4.01. The number of likely N-dealkylation sites (N-methyl/N-ethyl adjacent to an activating group) is 1. The number of aliphatic hydroxyl groups is 1. The number of fused-ring (bicyclic) bond motifs is 1. The van der Waals surface area contributed by atoms with Crippen LogP contribution in [0, 0.1) is 0 Å². The van der Waals surface area contributed by atoms with Gasteiger partial charge in [0.05, 0.1) is 10.6 Å². The van der Waals surface area contributed by atoms with E-state index < -0.39 is 32.8 Å². The zero-order valence-electron chi connectivity index (χ0n) is 13.4. The van der Waals surface area contributed by atoms with E-state index in [0.29, 0.717) is 4.31 Å². The van der Waals surface area contributed by atoms with Crippen LogP contribution in [0.5, 0.6) is 0 Å². The SMILES string of the molecule is CN1C(C(=O)Nc2ccc(Cl)ccc2=O)=C(O)c2ccccc2S1(=O)=O. The summed E-state index contributed by atoms with van der Waals surface area (Å²) in [6, 6.07) is 11.0. The lowest BCUT2D eigenvalue weighted by atomic mass is 10.1. The number of aliphatic hydroxyl groups excluding tert-OH is 1. The Bertz CT molecular complexity index is 1110. The Labute approximate surface area is 154 Å². The van der Waals surface area contributed by atoms with E-state index in [1.54, 1.807) is 6.07 Å². The number of amides is 1. The highest BCUT2D eigenvalue weighted by Crippen LogP contribution is 2.34. The Morgan fingerprint density at radius 2 is 1.77 bits per heavy atom. The van der Waals surface area contributed by atoms with Gasteiger partial charge in [-0.2, -0.15) is 0 Å². The summed E-state index contributed by atoms with van der Waals surface area (Å²) in [6.07, 6.45) is 0. The van der Waals surface area contributed by atoms with Crippen LogP contribution in [0.3, 0.4) is 0 Å². The first-order valence-electron chi connectivity index (χ1n) is 7.36. The first kappa shape index (κ1) is 18.0. The van der Waals surface area contributed by atoms with Crippen LogP contribution in [0.2, 0.25) is 5.02 Å².